The summed E-state index contributed by atoms with van der Waals surface area (Å²) in [6, 6.07) is 5.66. The number of hydrogen-bond donors (Lipinski definition) is 2. The Morgan fingerprint density at radius 1 is 1.30 bits per heavy atom. The summed E-state index contributed by atoms with van der Waals surface area (Å²) < 4.78 is 10.6. The zero-order chi connectivity index (χ0) is 16.8. The van der Waals surface area contributed by atoms with Gasteiger partial charge < -0.3 is 25.4 Å². The highest BCUT2D eigenvalue weighted by atomic mass is 16.5. The molecule has 0 aromatic heterocycles. The number of benzene rings is 1. The zero-order valence-corrected chi connectivity index (χ0v) is 13.5. The minimum atomic E-state index is -0.333. The fraction of sp³-hybridized carbons (Fsp3) is 0.500. The topological polar surface area (TPSA) is 93.9 Å². The standard InChI is InChI=1S/C16H23N3O4/c1-22-13-6-5-11(8-14(13)23-2)12-4-3-7-19(12)16(21)10-18-15(20)9-17/h5-6,8,12H,3-4,7,9-10,17H2,1-2H3,(H,18,20). The van der Waals surface area contributed by atoms with E-state index >= 15 is 0 Å². The van der Waals surface area contributed by atoms with Crippen molar-refractivity contribution in [3.05, 3.63) is 23.8 Å². The van der Waals surface area contributed by atoms with Gasteiger partial charge in [-0.2, -0.15) is 0 Å². The van der Waals surface area contributed by atoms with Crippen molar-refractivity contribution in [1.82, 2.24) is 10.2 Å². The van der Waals surface area contributed by atoms with Gasteiger partial charge in [0.25, 0.3) is 0 Å². The van der Waals surface area contributed by atoms with Gasteiger partial charge in [-0.1, -0.05) is 6.07 Å². The van der Waals surface area contributed by atoms with Crippen molar-refractivity contribution in [2.45, 2.75) is 18.9 Å². The van der Waals surface area contributed by atoms with Crippen molar-refractivity contribution in [2.75, 3.05) is 33.9 Å². The molecule has 2 rings (SSSR count). The third-order valence-electron chi connectivity index (χ3n) is 3.99. The maximum atomic E-state index is 12.3. The number of nitrogens with two attached hydrogens (primary N) is 1. The summed E-state index contributed by atoms with van der Waals surface area (Å²) in [5.74, 6) is 0.854. The normalized spacial score (nSPS) is 17.0. The fourth-order valence-corrected chi connectivity index (χ4v) is 2.82. The number of nitrogens with one attached hydrogen (secondary N) is 1. The van der Waals surface area contributed by atoms with E-state index in [9.17, 15) is 9.59 Å². The number of carbonyl (C=O) groups is 2. The van der Waals surface area contributed by atoms with Crippen LogP contribution in [0.4, 0.5) is 0 Å². The van der Waals surface area contributed by atoms with E-state index in [0.717, 1.165) is 18.4 Å². The highest BCUT2D eigenvalue weighted by Gasteiger charge is 2.30. The zero-order valence-electron chi connectivity index (χ0n) is 13.5. The van der Waals surface area contributed by atoms with Crippen LogP contribution in [0.15, 0.2) is 18.2 Å². The average Bonchev–Trinajstić information content (AvgIpc) is 3.08. The van der Waals surface area contributed by atoms with E-state index in [2.05, 4.69) is 5.32 Å². The van der Waals surface area contributed by atoms with E-state index in [1.807, 2.05) is 18.2 Å². The molecule has 1 atom stereocenters. The van der Waals surface area contributed by atoms with Crippen molar-refractivity contribution in [2.24, 2.45) is 5.73 Å². The van der Waals surface area contributed by atoms with Crippen LogP contribution in [0.3, 0.4) is 0 Å². The Morgan fingerprint density at radius 2 is 2.04 bits per heavy atom. The van der Waals surface area contributed by atoms with E-state index < -0.39 is 0 Å². The lowest BCUT2D eigenvalue weighted by molar-refractivity contribution is -0.133. The molecule has 1 aromatic carbocycles. The molecular weight excluding hydrogens is 298 g/mol. The average molecular weight is 321 g/mol. The molecule has 7 heteroatoms. The Morgan fingerprint density at radius 3 is 2.70 bits per heavy atom. The lowest BCUT2D eigenvalue weighted by Crippen LogP contribution is -2.41. The lowest BCUT2D eigenvalue weighted by atomic mass is 10.0. The number of rotatable bonds is 6. The number of carbonyl (C=O) groups excluding carboxylic acids is 2. The second-order valence-electron chi connectivity index (χ2n) is 5.34. The third kappa shape index (κ3) is 3.92. The molecule has 1 aliphatic heterocycles. The van der Waals surface area contributed by atoms with Crippen LogP contribution in [-0.2, 0) is 9.59 Å². The van der Waals surface area contributed by atoms with E-state index in [1.54, 1.807) is 19.1 Å². The van der Waals surface area contributed by atoms with Crippen molar-refractivity contribution < 1.29 is 19.1 Å². The maximum Gasteiger partial charge on any atom is 0.242 e. The van der Waals surface area contributed by atoms with Crippen LogP contribution in [0.25, 0.3) is 0 Å². The molecule has 1 fully saturated rings. The van der Waals surface area contributed by atoms with Gasteiger partial charge in [-0.3, -0.25) is 9.59 Å². The highest BCUT2D eigenvalue weighted by Crippen LogP contribution is 2.36. The Labute approximate surface area is 135 Å². The maximum absolute atomic E-state index is 12.3. The summed E-state index contributed by atoms with van der Waals surface area (Å²) >= 11 is 0. The van der Waals surface area contributed by atoms with Gasteiger partial charge in [0, 0.05) is 6.54 Å². The molecule has 126 valence electrons. The first-order valence-electron chi connectivity index (χ1n) is 7.58. The highest BCUT2D eigenvalue weighted by molar-refractivity contribution is 5.85. The largest absolute Gasteiger partial charge is 0.493 e. The minimum absolute atomic E-state index is 0.0166. The molecule has 0 bridgehead atoms. The number of nitrogens with zero attached hydrogens (tertiary/aromatic N) is 1. The quantitative estimate of drug-likeness (QED) is 0.793. The van der Waals surface area contributed by atoms with Crippen LogP contribution in [0.1, 0.15) is 24.4 Å². The van der Waals surface area contributed by atoms with Crippen LogP contribution in [-0.4, -0.2) is 50.6 Å². The van der Waals surface area contributed by atoms with Crippen molar-refractivity contribution in [3.8, 4) is 11.5 Å². The monoisotopic (exact) mass is 321 g/mol. The SMILES string of the molecule is COc1ccc(C2CCCN2C(=O)CNC(=O)CN)cc1OC. The Bertz CT molecular complexity index is 576. The summed E-state index contributed by atoms with van der Waals surface area (Å²) in [6.07, 6.45) is 1.81. The molecular formula is C16H23N3O4. The first-order chi connectivity index (χ1) is 11.1. The number of methoxy groups -OCH3 is 2. The summed E-state index contributed by atoms with van der Waals surface area (Å²) in [5.41, 5.74) is 6.23. The number of hydrogen-bond acceptors (Lipinski definition) is 5. The van der Waals surface area contributed by atoms with E-state index in [1.165, 1.54) is 0 Å². The van der Waals surface area contributed by atoms with Gasteiger partial charge in [-0.25, -0.2) is 0 Å². The Balaban J connectivity index is 2.12. The predicted octanol–water partition coefficient (Wildman–Crippen LogP) is 0.442. The van der Waals surface area contributed by atoms with E-state index in [0.29, 0.717) is 18.0 Å². The molecule has 3 N–H and O–H groups in total. The van der Waals surface area contributed by atoms with Crippen LogP contribution in [0.2, 0.25) is 0 Å². The molecule has 0 aliphatic carbocycles. The number of amides is 2. The summed E-state index contributed by atoms with van der Waals surface area (Å²) in [5, 5.41) is 2.52. The minimum Gasteiger partial charge on any atom is -0.493 e. The second-order valence-corrected chi connectivity index (χ2v) is 5.34. The molecule has 23 heavy (non-hydrogen) atoms. The first kappa shape index (κ1) is 17.1. The molecule has 1 heterocycles. The van der Waals surface area contributed by atoms with Gasteiger partial charge in [-0.05, 0) is 30.5 Å². The Kier molecular flexibility index (Phi) is 5.81. The van der Waals surface area contributed by atoms with Crippen molar-refractivity contribution >= 4 is 11.8 Å². The van der Waals surface area contributed by atoms with Crippen LogP contribution in [0, 0.1) is 0 Å². The third-order valence-corrected chi connectivity index (χ3v) is 3.99. The van der Waals surface area contributed by atoms with E-state index in [-0.39, 0.29) is 30.9 Å². The molecule has 1 aromatic rings. The lowest BCUT2D eigenvalue weighted by Gasteiger charge is -2.26. The van der Waals surface area contributed by atoms with Crippen molar-refractivity contribution in [1.29, 1.82) is 0 Å². The van der Waals surface area contributed by atoms with Crippen molar-refractivity contribution in [3.63, 3.8) is 0 Å². The van der Waals surface area contributed by atoms with Gasteiger partial charge in [0.05, 0.1) is 33.4 Å². The molecule has 0 radical (unpaired) electrons. The molecule has 1 unspecified atom stereocenters. The summed E-state index contributed by atoms with van der Waals surface area (Å²) in [7, 11) is 3.17. The van der Waals surface area contributed by atoms with Crippen LogP contribution in [0.5, 0.6) is 11.5 Å². The second kappa shape index (κ2) is 7.82. The van der Waals surface area contributed by atoms with Gasteiger partial charge in [0.1, 0.15) is 0 Å². The number of likely N-dealkylation sites (tertiary alicyclic amines) is 1. The Hall–Kier alpha value is -2.28. The smallest absolute Gasteiger partial charge is 0.242 e. The van der Waals surface area contributed by atoms with Gasteiger partial charge in [-0.15, -0.1) is 0 Å². The molecule has 0 spiro atoms. The molecule has 2 amide bonds. The predicted molar refractivity (Wildman–Crippen MR) is 85.3 cm³/mol. The molecule has 1 aliphatic rings. The number of ether oxygens (including phenoxy) is 2. The first-order valence-corrected chi connectivity index (χ1v) is 7.58. The van der Waals surface area contributed by atoms with Gasteiger partial charge >= 0.3 is 0 Å². The van der Waals surface area contributed by atoms with Crippen LogP contribution >= 0.6 is 0 Å². The molecule has 7 nitrogen and oxygen atoms in total. The molecule has 1 saturated heterocycles. The van der Waals surface area contributed by atoms with Gasteiger partial charge in [0.15, 0.2) is 11.5 Å². The summed E-state index contributed by atoms with van der Waals surface area (Å²) in [4.78, 5) is 25.3. The van der Waals surface area contributed by atoms with E-state index in [4.69, 9.17) is 15.2 Å². The fourth-order valence-electron chi connectivity index (χ4n) is 2.82. The molecule has 0 saturated carbocycles. The van der Waals surface area contributed by atoms with Crippen LogP contribution < -0.4 is 20.5 Å². The summed E-state index contributed by atoms with van der Waals surface area (Å²) in [6.45, 7) is 0.530. The van der Waals surface area contributed by atoms with Gasteiger partial charge in [0.2, 0.25) is 11.8 Å².